The molecule has 6 aliphatic rings. The third-order valence-electron chi connectivity index (χ3n) is 12.8. The number of allylic oxidation sites excluding steroid dienone is 2. The summed E-state index contributed by atoms with van der Waals surface area (Å²) in [5.41, 5.74) is 0.0738. The van der Waals surface area contributed by atoms with Gasteiger partial charge in [0.1, 0.15) is 35.9 Å². The molecule has 0 amide bonds. The molecule has 53 heavy (non-hydrogen) atoms. The van der Waals surface area contributed by atoms with Crippen molar-refractivity contribution >= 4 is 5.97 Å². The number of carbonyl (C=O) groups excluding carboxylic acids is 1. The molecule has 4 fully saturated rings. The SMILES string of the molecule is CCC(C)C1OC2(CC3CC(CC=C(C)C(OC4CC(OC)C(O)C(C)O4)C(C)C=CC=C4COC5C(O)C(C)=CC(C(=O)O3)C45O)O2)CC(O)C1C. The second-order valence-corrected chi connectivity index (χ2v) is 16.6. The van der Waals surface area contributed by atoms with Crippen molar-refractivity contribution in [2.24, 2.45) is 23.7 Å². The predicted octanol–water partition coefficient (Wildman–Crippen LogP) is 4.04. The Hall–Kier alpha value is -1.97. The van der Waals surface area contributed by atoms with Gasteiger partial charge in [-0.25, -0.2) is 0 Å². The van der Waals surface area contributed by atoms with Crippen molar-refractivity contribution in [1.82, 2.24) is 0 Å². The van der Waals surface area contributed by atoms with Crippen LogP contribution in [-0.4, -0.2) is 119 Å². The van der Waals surface area contributed by atoms with E-state index in [0.717, 1.165) is 12.0 Å². The van der Waals surface area contributed by atoms with Crippen molar-refractivity contribution < 1.29 is 58.4 Å². The number of carbonyl (C=O) groups is 1. The van der Waals surface area contributed by atoms with Crippen LogP contribution < -0.4 is 0 Å². The predicted molar refractivity (Wildman–Crippen MR) is 194 cm³/mol. The summed E-state index contributed by atoms with van der Waals surface area (Å²) >= 11 is 0. The largest absolute Gasteiger partial charge is 0.462 e. The fourth-order valence-corrected chi connectivity index (χ4v) is 9.29. The van der Waals surface area contributed by atoms with Crippen molar-refractivity contribution in [3.8, 4) is 0 Å². The van der Waals surface area contributed by atoms with Crippen molar-refractivity contribution in [3.63, 3.8) is 0 Å². The molecule has 298 valence electrons. The van der Waals surface area contributed by atoms with Crippen LogP contribution in [0.5, 0.6) is 0 Å². The van der Waals surface area contributed by atoms with Gasteiger partial charge in [-0.2, -0.15) is 0 Å². The third-order valence-corrected chi connectivity index (χ3v) is 12.8. The van der Waals surface area contributed by atoms with Crippen molar-refractivity contribution in [2.75, 3.05) is 13.7 Å². The van der Waals surface area contributed by atoms with E-state index in [1.54, 1.807) is 33.1 Å². The molecule has 4 saturated heterocycles. The van der Waals surface area contributed by atoms with Crippen molar-refractivity contribution in [2.45, 2.75) is 166 Å². The zero-order valence-electron chi connectivity index (χ0n) is 32.6. The molecule has 0 aromatic rings. The van der Waals surface area contributed by atoms with Crippen LogP contribution in [0.4, 0.5) is 0 Å². The molecule has 12 heteroatoms. The van der Waals surface area contributed by atoms with Crippen LogP contribution in [0.1, 0.15) is 87.0 Å². The Labute approximate surface area is 314 Å². The van der Waals surface area contributed by atoms with Gasteiger partial charge in [0, 0.05) is 44.6 Å². The van der Waals surface area contributed by atoms with Gasteiger partial charge in [0.05, 0.1) is 43.2 Å². The lowest BCUT2D eigenvalue weighted by Crippen LogP contribution is -2.60. The standard InChI is InChI=1S/C41H62O12/c1-9-21(2)37-25(6)31(42)19-40(53-37)18-29-16-28(52-40)14-13-23(4)36(51-33-17-32(47-8)35(44)26(7)49-33)22(3)11-10-12-27-20-48-38-34(43)24(5)15-30(39(45)50-29)41(27,38)46/h10-13,15,21-22,25-26,28-38,42-44,46H,9,14,16-20H2,1-8H3. The van der Waals surface area contributed by atoms with E-state index in [4.69, 9.17) is 33.2 Å². The van der Waals surface area contributed by atoms with E-state index in [-0.39, 0.29) is 43.3 Å². The van der Waals surface area contributed by atoms with Crippen LogP contribution in [0.2, 0.25) is 0 Å². The van der Waals surface area contributed by atoms with E-state index < -0.39 is 84.5 Å². The molecular formula is C41H62O12. The minimum Gasteiger partial charge on any atom is -0.462 e. The van der Waals surface area contributed by atoms with Gasteiger partial charge in [0.25, 0.3) is 0 Å². The highest BCUT2D eigenvalue weighted by Gasteiger charge is 2.60. The van der Waals surface area contributed by atoms with Gasteiger partial charge in [-0.05, 0) is 49.8 Å². The lowest BCUT2D eigenvalue weighted by molar-refractivity contribution is -0.354. The van der Waals surface area contributed by atoms with Gasteiger partial charge in [-0.15, -0.1) is 0 Å². The molecule has 1 aliphatic carbocycles. The summed E-state index contributed by atoms with van der Waals surface area (Å²) in [7, 11) is 1.57. The number of aliphatic hydroxyl groups excluding tert-OH is 3. The second-order valence-electron chi connectivity index (χ2n) is 16.6. The first kappa shape index (κ1) is 40.7. The molecule has 1 spiro atoms. The molecule has 17 atom stereocenters. The minimum absolute atomic E-state index is 0.0264. The number of rotatable bonds is 5. The molecule has 0 aromatic carbocycles. The van der Waals surface area contributed by atoms with E-state index in [2.05, 4.69) is 19.9 Å². The topological polar surface area (TPSA) is 163 Å². The second kappa shape index (κ2) is 16.3. The smallest absolute Gasteiger partial charge is 0.316 e. The summed E-state index contributed by atoms with van der Waals surface area (Å²) < 4.78 is 44.3. The Bertz CT molecular complexity index is 1440. The average molecular weight is 747 g/mol. The first-order chi connectivity index (χ1) is 25.1. The monoisotopic (exact) mass is 746 g/mol. The quantitative estimate of drug-likeness (QED) is 0.237. The Morgan fingerprint density at radius 2 is 1.79 bits per heavy atom. The maximum atomic E-state index is 14.2. The van der Waals surface area contributed by atoms with Crippen molar-refractivity contribution in [3.05, 3.63) is 47.1 Å². The fourth-order valence-electron chi connectivity index (χ4n) is 9.29. The van der Waals surface area contributed by atoms with Crippen LogP contribution in [-0.2, 0) is 38.0 Å². The highest BCUT2D eigenvalue weighted by molar-refractivity contribution is 5.78. The summed E-state index contributed by atoms with van der Waals surface area (Å²) in [6, 6.07) is 0. The van der Waals surface area contributed by atoms with Gasteiger partial charge in [0.2, 0.25) is 0 Å². The number of fused-ring (bicyclic) bond motifs is 2. The Kier molecular flexibility index (Phi) is 12.5. The molecule has 2 bridgehead atoms. The van der Waals surface area contributed by atoms with E-state index in [1.807, 2.05) is 32.9 Å². The summed E-state index contributed by atoms with van der Waals surface area (Å²) in [6.45, 7) is 13.8. The molecular weight excluding hydrogens is 684 g/mol. The van der Waals surface area contributed by atoms with Gasteiger partial charge in [0.15, 0.2) is 12.1 Å². The minimum atomic E-state index is -1.84. The zero-order chi connectivity index (χ0) is 38.4. The van der Waals surface area contributed by atoms with Crippen LogP contribution in [0.15, 0.2) is 47.1 Å². The molecule has 0 radical (unpaired) electrons. The lowest BCUT2D eigenvalue weighted by atomic mass is 9.71. The normalized spacial score (nSPS) is 47.2. The van der Waals surface area contributed by atoms with Crippen molar-refractivity contribution in [1.29, 1.82) is 0 Å². The first-order valence-corrected chi connectivity index (χ1v) is 19.6. The molecule has 6 rings (SSSR count). The lowest BCUT2D eigenvalue weighted by Gasteiger charge is -2.52. The fraction of sp³-hybridized carbons (Fsp3) is 0.780. The number of hydrogen-bond acceptors (Lipinski definition) is 12. The third kappa shape index (κ3) is 8.01. The van der Waals surface area contributed by atoms with E-state index in [9.17, 15) is 25.2 Å². The molecule has 5 aliphatic heterocycles. The highest BCUT2D eigenvalue weighted by Crippen LogP contribution is 2.48. The van der Waals surface area contributed by atoms with Crippen LogP contribution in [0.3, 0.4) is 0 Å². The average Bonchev–Trinajstić information content (AvgIpc) is 3.46. The molecule has 17 unspecified atom stereocenters. The number of hydrogen-bond donors (Lipinski definition) is 4. The summed E-state index contributed by atoms with van der Waals surface area (Å²) in [5, 5.41) is 45.5. The maximum Gasteiger partial charge on any atom is 0.316 e. The van der Waals surface area contributed by atoms with Gasteiger partial charge in [-0.1, -0.05) is 64.5 Å². The van der Waals surface area contributed by atoms with Crippen LogP contribution in [0.25, 0.3) is 0 Å². The van der Waals surface area contributed by atoms with E-state index >= 15 is 0 Å². The Morgan fingerprint density at radius 3 is 2.51 bits per heavy atom. The van der Waals surface area contributed by atoms with Gasteiger partial charge >= 0.3 is 5.97 Å². The number of esters is 1. The van der Waals surface area contributed by atoms with Crippen LogP contribution >= 0.6 is 0 Å². The molecule has 0 aromatic heterocycles. The summed E-state index contributed by atoms with van der Waals surface area (Å²) in [6.07, 6.45) is 4.78. The Morgan fingerprint density at radius 1 is 1.04 bits per heavy atom. The Balaban J connectivity index is 1.39. The molecule has 12 nitrogen and oxygen atoms in total. The molecule has 5 heterocycles. The van der Waals surface area contributed by atoms with Gasteiger partial charge < -0.3 is 53.6 Å². The number of ether oxygens (including phenoxy) is 7. The number of aliphatic hydroxyl groups is 4. The van der Waals surface area contributed by atoms with E-state index in [1.165, 1.54) is 0 Å². The molecule has 0 saturated carbocycles. The summed E-state index contributed by atoms with van der Waals surface area (Å²) in [4.78, 5) is 14.2. The summed E-state index contributed by atoms with van der Waals surface area (Å²) in [5.74, 6) is -3.06. The van der Waals surface area contributed by atoms with Gasteiger partial charge in [-0.3, -0.25) is 4.79 Å². The molecule has 4 N–H and O–H groups in total. The first-order valence-electron chi connectivity index (χ1n) is 19.6. The zero-order valence-corrected chi connectivity index (χ0v) is 32.6. The highest BCUT2D eigenvalue weighted by atomic mass is 16.7. The number of methoxy groups -OCH3 is 1. The maximum absolute atomic E-state index is 14.2. The van der Waals surface area contributed by atoms with E-state index in [0.29, 0.717) is 30.4 Å². The van der Waals surface area contributed by atoms with Crippen LogP contribution in [0, 0.1) is 23.7 Å².